The molecule has 1 rings (SSSR count). The van der Waals surface area contributed by atoms with E-state index in [4.69, 9.17) is 5.11 Å². The van der Waals surface area contributed by atoms with Gasteiger partial charge >= 0.3 is 0 Å². The molecule has 5 heteroatoms. The van der Waals surface area contributed by atoms with Gasteiger partial charge < -0.3 is 15.0 Å². The first-order valence-electron chi connectivity index (χ1n) is 5.01. The molecular formula is C10H17N3O2. The van der Waals surface area contributed by atoms with Crippen LogP contribution < -0.4 is 5.32 Å². The van der Waals surface area contributed by atoms with E-state index < -0.39 is 0 Å². The Morgan fingerprint density at radius 1 is 1.67 bits per heavy atom. The van der Waals surface area contributed by atoms with Crippen LogP contribution in [0.5, 0.6) is 0 Å². The molecule has 0 fully saturated rings. The van der Waals surface area contributed by atoms with Crippen molar-refractivity contribution in [3.05, 3.63) is 18.2 Å². The SMILES string of the molecule is CC(C)CNC(=O)Cn1ccnc1CO. The van der Waals surface area contributed by atoms with Gasteiger partial charge in [-0.3, -0.25) is 4.79 Å². The Hall–Kier alpha value is -1.36. The number of aromatic nitrogens is 2. The molecule has 0 saturated heterocycles. The van der Waals surface area contributed by atoms with Gasteiger partial charge in [-0.15, -0.1) is 0 Å². The molecule has 0 saturated carbocycles. The van der Waals surface area contributed by atoms with Gasteiger partial charge in [0.25, 0.3) is 0 Å². The molecule has 1 aromatic heterocycles. The molecule has 0 radical (unpaired) electrons. The summed E-state index contributed by atoms with van der Waals surface area (Å²) in [4.78, 5) is 15.4. The summed E-state index contributed by atoms with van der Waals surface area (Å²) in [6, 6.07) is 0. The van der Waals surface area contributed by atoms with Crippen LogP contribution in [0.15, 0.2) is 12.4 Å². The van der Waals surface area contributed by atoms with Crippen molar-refractivity contribution in [1.82, 2.24) is 14.9 Å². The molecule has 1 aromatic rings. The summed E-state index contributed by atoms with van der Waals surface area (Å²) in [5.74, 6) is 0.889. The number of nitrogens with zero attached hydrogens (tertiary/aromatic N) is 2. The first-order valence-corrected chi connectivity index (χ1v) is 5.01. The van der Waals surface area contributed by atoms with Crippen molar-refractivity contribution in [2.24, 2.45) is 5.92 Å². The number of hydrogen-bond acceptors (Lipinski definition) is 3. The van der Waals surface area contributed by atoms with Crippen LogP contribution in [0, 0.1) is 5.92 Å². The molecule has 0 spiro atoms. The van der Waals surface area contributed by atoms with Crippen molar-refractivity contribution in [3.8, 4) is 0 Å². The number of amides is 1. The normalized spacial score (nSPS) is 10.7. The number of carbonyl (C=O) groups excluding carboxylic acids is 1. The van der Waals surface area contributed by atoms with Gasteiger partial charge in [0.1, 0.15) is 19.0 Å². The Morgan fingerprint density at radius 3 is 3.00 bits per heavy atom. The lowest BCUT2D eigenvalue weighted by molar-refractivity contribution is -0.121. The second-order valence-corrected chi connectivity index (χ2v) is 3.83. The highest BCUT2D eigenvalue weighted by molar-refractivity contribution is 5.75. The zero-order chi connectivity index (χ0) is 11.3. The van der Waals surface area contributed by atoms with Crippen LogP contribution in [0.2, 0.25) is 0 Å². The minimum absolute atomic E-state index is 0.0589. The van der Waals surface area contributed by atoms with E-state index in [0.29, 0.717) is 18.3 Å². The molecule has 1 amide bonds. The second kappa shape index (κ2) is 5.50. The minimum Gasteiger partial charge on any atom is -0.388 e. The summed E-state index contributed by atoms with van der Waals surface area (Å²) in [6.07, 6.45) is 3.25. The lowest BCUT2D eigenvalue weighted by atomic mass is 10.2. The minimum atomic E-state index is -0.148. The number of carbonyl (C=O) groups is 1. The summed E-state index contributed by atoms with van der Waals surface area (Å²) >= 11 is 0. The highest BCUT2D eigenvalue weighted by atomic mass is 16.3. The molecule has 0 aliphatic carbocycles. The van der Waals surface area contributed by atoms with Crippen molar-refractivity contribution < 1.29 is 9.90 Å². The van der Waals surface area contributed by atoms with E-state index in [1.165, 1.54) is 0 Å². The Balaban J connectivity index is 2.44. The number of imidazole rings is 1. The lowest BCUT2D eigenvalue weighted by Gasteiger charge is -2.09. The van der Waals surface area contributed by atoms with Crippen molar-refractivity contribution in [3.63, 3.8) is 0 Å². The fourth-order valence-corrected chi connectivity index (χ4v) is 1.16. The summed E-state index contributed by atoms with van der Waals surface area (Å²) in [5.41, 5.74) is 0. The third kappa shape index (κ3) is 3.71. The number of nitrogens with one attached hydrogen (secondary N) is 1. The van der Waals surface area contributed by atoms with Gasteiger partial charge in [-0.25, -0.2) is 4.98 Å². The molecule has 2 N–H and O–H groups in total. The average molecular weight is 211 g/mol. The van der Waals surface area contributed by atoms with Crippen LogP contribution in [0.3, 0.4) is 0 Å². The predicted molar refractivity (Wildman–Crippen MR) is 56.0 cm³/mol. The van der Waals surface area contributed by atoms with E-state index in [9.17, 15) is 4.79 Å². The van der Waals surface area contributed by atoms with Gasteiger partial charge in [0, 0.05) is 18.9 Å². The largest absolute Gasteiger partial charge is 0.388 e. The third-order valence-corrected chi connectivity index (χ3v) is 1.96. The standard InChI is InChI=1S/C10H17N3O2/c1-8(2)5-12-10(15)6-13-4-3-11-9(13)7-14/h3-4,8,14H,5-7H2,1-2H3,(H,12,15). The number of rotatable bonds is 5. The van der Waals surface area contributed by atoms with E-state index >= 15 is 0 Å². The number of hydrogen-bond donors (Lipinski definition) is 2. The summed E-state index contributed by atoms with van der Waals surface area (Å²) in [7, 11) is 0. The lowest BCUT2D eigenvalue weighted by Crippen LogP contribution is -2.30. The van der Waals surface area contributed by atoms with Crippen molar-refractivity contribution in [2.75, 3.05) is 6.54 Å². The molecule has 0 aliphatic heterocycles. The molecule has 15 heavy (non-hydrogen) atoms. The zero-order valence-corrected chi connectivity index (χ0v) is 9.10. The fourth-order valence-electron chi connectivity index (χ4n) is 1.16. The van der Waals surface area contributed by atoms with Gasteiger partial charge in [0.15, 0.2) is 0 Å². The first kappa shape index (κ1) is 11.7. The molecule has 0 unspecified atom stereocenters. The average Bonchev–Trinajstić information content (AvgIpc) is 2.62. The molecule has 0 aliphatic rings. The van der Waals surface area contributed by atoms with Gasteiger partial charge in [0.05, 0.1) is 0 Å². The summed E-state index contributed by atoms with van der Waals surface area (Å²) in [6.45, 7) is 4.81. The molecule has 0 bridgehead atoms. The van der Waals surface area contributed by atoms with Gasteiger partial charge in [-0.2, -0.15) is 0 Å². The summed E-state index contributed by atoms with van der Waals surface area (Å²) < 4.78 is 1.63. The van der Waals surface area contributed by atoms with Crippen LogP contribution in [-0.4, -0.2) is 27.1 Å². The molecular weight excluding hydrogens is 194 g/mol. The molecule has 84 valence electrons. The molecule has 0 aromatic carbocycles. The highest BCUT2D eigenvalue weighted by Gasteiger charge is 2.06. The molecule has 0 atom stereocenters. The monoisotopic (exact) mass is 211 g/mol. The topological polar surface area (TPSA) is 67.2 Å². The fraction of sp³-hybridized carbons (Fsp3) is 0.600. The van der Waals surface area contributed by atoms with Crippen LogP contribution in [0.4, 0.5) is 0 Å². The van der Waals surface area contributed by atoms with Gasteiger partial charge in [0.2, 0.25) is 5.91 Å². The van der Waals surface area contributed by atoms with E-state index in [-0.39, 0.29) is 19.1 Å². The number of aliphatic hydroxyl groups excluding tert-OH is 1. The quantitative estimate of drug-likeness (QED) is 0.728. The number of aliphatic hydroxyl groups is 1. The van der Waals surface area contributed by atoms with Gasteiger partial charge in [-0.1, -0.05) is 13.8 Å². The Labute approximate surface area is 89.1 Å². The van der Waals surface area contributed by atoms with E-state index in [1.54, 1.807) is 17.0 Å². The second-order valence-electron chi connectivity index (χ2n) is 3.83. The first-order chi connectivity index (χ1) is 7.13. The van der Waals surface area contributed by atoms with Crippen molar-refractivity contribution in [2.45, 2.75) is 27.0 Å². The molecule has 1 heterocycles. The molecule has 5 nitrogen and oxygen atoms in total. The van der Waals surface area contributed by atoms with E-state index in [0.717, 1.165) is 0 Å². The van der Waals surface area contributed by atoms with Crippen LogP contribution >= 0.6 is 0 Å². The van der Waals surface area contributed by atoms with Crippen LogP contribution in [0.25, 0.3) is 0 Å². The third-order valence-electron chi connectivity index (χ3n) is 1.96. The Bertz CT molecular complexity index is 320. The predicted octanol–water partition coefficient (Wildman–Crippen LogP) is 0.148. The Morgan fingerprint density at radius 2 is 2.40 bits per heavy atom. The summed E-state index contributed by atoms with van der Waals surface area (Å²) in [5, 5.41) is 11.7. The zero-order valence-electron chi connectivity index (χ0n) is 9.10. The smallest absolute Gasteiger partial charge is 0.239 e. The Kier molecular flexibility index (Phi) is 4.30. The maximum Gasteiger partial charge on any atom is 0.239 e. The van der Waals surface area contributed by atoms with E-state index in [1.807, 2.05) is 13.8 Å². The van der Waals surface area contributed by atoms with Crippen molar-refractivity contribution >= 4 is 5.91 Å². The van der Waals surface area contributed by atoms with Gasteiger partial charge in [-0.05, 0) is 5.92 Å². The maximum atomic E-state index is 11.4. The highest BCUT2D eigenvalue weighted by Crippen LogP contribution is 1.97. The maximum absolute atomic E-state index is 11.4. The van der Waals surface area contributed by atoms with Crippen LogP contribution in [-0.2, 0) is 17.9 Å². The van der Waals surface area contributed by atoms with Crippen molar-refractivity contribution in [1.29, 1.82) is 0 Å². The van der Waals surface area contributed by atoms with E-state index in [2.05, 4.69) is 10.3 Å². The van der Waals surface area contributed by atoms with Crippen LogP contribution in [0.1, 0.15) is 19.7 Å².